The van der Waals surface area contributed by atoms with Gasteiger partial charge in [0, 0.05) is 23.4 Å². The number of nitrogens with zero attached hydrogens (tertiary/aromatic N) is 1. The molecular formula is C10H8N2OS. The minimum Gasteiger partial charge on any atom is -0.328 e. The van der Waals surface area contributed by atoms with Crippen LogP contribution in [0.1, 0.15) is 0 Å². The van der Waals surface area contributed by atoms with Crippen molar-refractivity contribution >= 4 is 11.8 Å². The van der Waals surface area contributed by atoms with Gasteiger partial charge in [0.2, 0.25) is 5.56 Å². The van der Waals surface area contributed by atoms with Gasteiger partial charge in [-0.3, -0.25) is 4.79 Å². The molecule has 2 heterocycles. The average molecular weight is 204 g/mol. The molecule has 4 heteroatoms. The lowest BCUT2D eigenvalue weighted by Gasteiger charge is -1.98. The fourth-order valence-electron chi connectivity index (χ4n) is 0.988. The highest BCUT2D eigenvalue weighted by molar-refractivity contribution is 7.99. The molecule has 0 amide bonds. The number of H-pyrrole nitrogens is 1. The van der Waals surface area contributed by atoms with Crippen LogP contribution in [0.2, 0.25) is 0 Å². The first-order chi connectivity index (χ1) is 6.84. The van der Waals surface area contributed by atoms with Crippen molar-refractivity contribution in [3.05, 3.63) is 53.1 Å². The van der Waals surface area contributed by atoms with Gasteiger partial charge in [-0.05, 0) is 18.2 Å². The molecule has 0 fully saturated rings. The van der Waals surface area contributed by atoms with E-state index in [0.717, 1.165) is 9.92 Å². The average Bonchev–Trinajstić information content (AvgIpc) is 2.23. The second kappa shape index (κ2) is 4.11. The molecule has 0 aliphatic carbocycles. The predicted octanol–water partition coefficient (Wildman–Crippen LogP) is 1.92. The Bertz CT molecular complexity index is 447. The van der Waals surface area contributed by atoms with Crippen molar-refractivity contribution in [3.8, 4) is 0 Å². The van der Waals surface area contributed by atoms with Gasteiger partial charge in [0.25, 0.3) is 0 Å². The van der Waals surface area contributed by atoms with Crippen molar-refractivity contribution in [2.45, 2.75) is 9.92 Å². The van der Waals surface area contributed by atoms with Gasteiger partial charge in [-0.2, -0.15) is 0 Å². The van der Waals surface area contributed by atoms with Gasteiger partial charge < -0.3 is 4.98 Å². The maximum Gasteiger partial charge on any atom is 0.247 e. The van der Waals surface area contributed by atoms with E-state index in [0.29, 0.717) is 0 Å². The number of hydrogen-bond acceptors (Lipinski definition) is 3. The summed E-state index contributed by atoms with van der Waals surface area (Å²) in [7, 11) is 0. The van der Waals surface area contributed by atoms with E-state index >= 15 is 0 Å². The van der Waals surface area contributed by atoms with Crippen molar-refractivity contribution in [2.24, 2.45) is 0 Å². The second-order valence-corrected chi connectivity index (χ2v) is 3.75. The summed E-state index contributed by atoms with van der Waals surface area (Å²) < 4.78 is 0. The molecule has 0 atom stereocenters. The van der Waals surface area contributed by atoms with Crippen LogP contribution in [0, 0.1) is 0 Å². The zero-order chi connectivity index (χ0) is 9.80. The van der Waals surface area contributed by atoms with E-state index < -0.39 is 0 Å². The van der Waals surface area contributed by atoms with Crippen LogP contribution in [0.4, 0.5) is 0 Å². The summed E-state index contributed by atoms with van der Waals surface area (Å²) in [4.78, 5) is 18.6. The molecule has 0 bridgehead atoms. The number of pyridine rings is 2. The molecule has 14 heavy (non-hydrogen) atoms. The zero-order valence-corrected chi connectivity index (χ0v) is 8.12. The molecule has 70 valence electrons. The van der Waals surface area contributed by atoms with Crippen LogP contribution in [-0.2, 0) is 0 Å². The fraction of sp³-hybridized carbons (Fsp3) is 0. The standard InChI is InChI=1S/C10H8N2OS/c13-9-5-4-8(7-12-9)14-10-3-1-2-6-11-10/h1-7H,(H,12,13). The number of hydrogen-bond donors (Lipinski definition) is 1. The highest BCUT2D eigenvalue weighted by Crippen LogP contribution is 2.23. The first-order valence-corrected chi connectivity index (χ1v) is 4.94. The molecule has 0 spiro atoms. The third-order valence-corrected chi connectivity index (χ3v) is 2.56. The maximum atomic E-state index is 10.8. The number of rotatable bonds is 2. The Morgan fingerprint density at radius 3 is 2.79 bits per heavy atom. The summed E-state index contributed by atoms with van der Waals surface area (Å²) in [5, 5.41) is 0.916. The Morgan fingerprint density at radius 2 is 2.14 bits per heavy atom. The molecule has 2 aromatic rings. The van der Waals surface area contributed by atoms with Gasteiger partial charge in [0.1, 0.15) is 5.03 Å². The van der Waals surface area contributed by atoms with E-state index in [2.05, 4.69) is 9.97 Å². The van der Waals surface area contributed by atoms with E-state index in [9.17, 15) is 4.79 Å². The van der Waals surface area contributed by atoms with Gasteiger partial charge in [-0.1, -0.05) is 17.8 Å². The topological polar surface area (TPSA) is 45.8 Å². The fourth-order valence-corrected chi connectivity index (χ4v) is 1.74. The van der Waals surface area contributed by atoms with Gasteiger partial charge in [-0.15, -0.1) is 0 Å². The molecule has 3 nitrogen and oxygen atoms in total. The molecule has 0 unspecified atom stereocenters. The SMILES string of the molecule is O=c1ccc(Sc2ccccn2)c[nH]1. The van der Waals surface area contributed by atoms with Crippen molar-refractivity contribution in [3.63, 3.8) is 0 Å². The largest absolute Gasteiger partial charge is 0.328 e. The summed E-state index contributed by atoms with van der Waals surface area (Å²) in [6.45, 7) is 0. The van der Waals surface area contributed by atoms with Crippen molar-refractivity contribution in [2.75, 3.05) is 0 Å². The van der Waals surface area contributed by atoms with Crippen LogP contribution in [0.25, 0.3) is 0 Å². The summed E-state index contributed by atoms with van der Waals surface area (Å²) in [6, 6.07) is 9.01. The molecule has 0 aliphatic rings. The molecular weight excluding hydrogens is 196 g/mol. The second-order valence-electron chi connectivity index (χ2n) is 2.66. The number of nitrogens with one attached hydrogen (secondary N) is 1. The van der Waals surface area contributed by atoms with Gasteiger partial charge in [0.05, 0.1) is 0 Å². The first kappa shape index (κ1) is 9.02. The molecule has 0 aromatic carbocycles. The third-order valence-electron chi connectivity index (χ3n) is 1.62. The molecule has 2 aromatic heterocycles. The van der Waals surface area contributed by atoms with Crippen LogP contribution < -0.4 is 5.56 Å². The minimum absolute atomic E-state index is 0.0876. The molecule has 0 radical (unpaired) electrons. The quantitative estimate of drug-likeness (QED) is 0.812. The highest BCUT2D eigenvalue weighted by atomic mass is 32.2. The lowest BCUT2D eigenvalue weighted by Crippen LogP contribution is -2.00. The predicted molar refractivity (Wildman–Crippen MR) is 55.4 cm³/mol. The van der Waals surface area contributed by atoms with Crippen molar-refractivity contribution in [1.29, 1.82) is 0 Å². The highest BCUT2D eigenvalue weighted by Gasteiger charge is 1.96. The number of aromatic amines is 1. The van der Waals surface area contributed by atoms with Gasteiger partial charge >= 0.3 is 0 Å². The Balaban J connectivity index is 2.19. The normalized spacial score (nSPS) is 10.0. The Labute approximate surface area is 85.2 Å². The molecule has 0 saturated heterocycles. The maximum absolute atomic E-state index is 10.8. The summed E-state index contributed by atoms with van der Waals surface area (Å²) >= 11 is 1.52. The van der Waals surface area contributed by atoms with E-state index in [1.807, 2.05) is 18.2 Å². The summed E-state index contributed by atoms with van der Waals surface area (Å²) in [5.41, 5.74) is -0.0876. The zero-order valence-electron chi connectivity index (χ0n) is 7.31. The van der Waals surface area contributed by atoms with Crippen LogP contribution >= 0.6 is 11.8 Å². The van der Waals surface area contributed by atoms with Crippen LogP contribution in [0.3, 0.4) is 0 Å². The molecule has 2 rings (SSSR count). The van der Waals surface area contributed by atoms with Crippen molar-refractivity contribution in [1.82, 2.24) is 9.97 Å². The third kappa shape index (κ3) is 2.23. The summed E-state index contributed by atoms with van der Waals surface area (Å²) in [5.74, 6) is 0. The van der Waals surface area contributed by atoms with E-state index in [-0.39, 0.29) is 5.56 Å². The molecule has 1 N–H and O–H groups in total. The minimum atomic E-state index is -0.0876. The smallest absolute Gasteiger partial charge is 0.247 e. The van der Waals surface area contributed by atoms with Gasteiger partial charge in [0.15, 0.2) is 0 Å². The summed E-state index contributed by atoms with van der Waals surface area (Å²) in [6.07, 6.45) is 3.43. The van der Waals surface area contributed by atoms with Crippen LogP contribution in [0.5, 0.6) is 0 Å². The monoisotopic (exact) mass is 204 g/mol. The lowest BCUT2D eigenvalue weighted by atomic mass is 10.5. The Morgan fingerprint density at radius 1 is 1.21 bits per heavy atom. The molecule has 0 saturated carbocycles. The van der Waals surface area contributed by atoms with Crippen LogP contribution in [-0.4, -0.2) is 9.97 Å². The van der Waals surface area contributed by atoms with E-state index in [4.69, 9.17) is 0 Å². The molecule has 0 aliphatic heterocycles. The Hall–Kier alpha value is -1.55. The number of aromatic nitrogens is 2. The first-order valence-electron chi connectivity index (χ1n) is 4.12. The van der Waals surface area contributed by atoms with E-state index in [1.165, 1.54) is 17.8 Å². The van der Waals surface area contributed by atoms with E-state index in [1.54, 1.807) is 18.5 Å². The van der Waals surface area contributed by atoms with Crippen molar-refractivity contribution < 1.29 is 0 Å². The Kier molecular flexibility index (Phi) is 2.65. The lowest BCUT2D eigenvalue weighted by molar-refractivity contribution is 1.12. The van der Waals surface area contributed by atoms with Gasteiger partial charge in [-0.25, -0.2) is 4.98 Å². The van der Waals surface area contributed by atoms with Crippen LogP contribution in [0.15, 0.2) is 57.4 Å².